The molecule has 0 radical (unpaired) electrons. The number of hydrogen-bond acceptors (Lipinski definition) is 4. The highest BCUT2D eigenvalue weighted by atomic mass is 31.2. The summed E-state index contributed by atoms with van der Waals surface area (Å²) in [4.78, 5) is 0. The van der Waals surface area contributed by atoms with Crippen LogP contribution in [0.15, 0.2) is 0 Å². The van der Waals surface area contributed by atoms with Crippen LogP contribution in [0.5, 0.6) is 0 Å². The zero-order valence-corrected chi connectivity index (χ0v) is 12.9. The zero-order valence-electron chi connectivity index (χ0n) is 12.0. The molecule has 108 valence electrons. The highest BCUT2D eigenvalue weighted by Gasteiger charge is 2.35. The minimum Gasteiger partial charge on any atom is -0.393 e. The monoisotopic (exact) mass is 278 g/mol. The van der Waals surface area contributed by atoms with Gasteiger partial charge in [0.2, 0.25) is 0 Å². The summed E-state index contributed by atoms with van der Waals surface area (Å²) < 4.78 is 23.7. The molecular formula is C13H27O4P. The first-order valence-electron chi connectivity index (χ1n) is 6.96. The Labute approximate surface area is 111 Å². The van der Waals surface area contributed by atoms with Crippen molar-refractivity contribution in [2.24, 2.45) is 5.92 Å². The van der Waals surface area contributed by atoms with Crippen LogP contribution in [0.4, 0.5) is 0 Å². The topological polar surface area (TPSA) is 55.8 Å². The van der Waals surface area contributed by atoms with Crippen LogP contribution in [0.25, 0.3) is 0 Å². The molecule has 0 amide bonds. The van der Waals surface area contributed by atoms with Crippen LogP contribution < -0.4 is 0 Å². The Balaban J connectivity index is 2.67. The van der Waals surface area contributed by atoms with Crippen molar-refractivity contribution in [2.75, 3.05) is 6.16 Å². The van der Waals surface area contributed by atoms with E-state index >= 15 is 0 Å². The normalized spacial score (nSPS) is 25.9. The molecule has 0 heterocycles. The van der Waals surface area contributed by atoms with E-state index in [4.69, 9.17) is 9.05 Å². The molecule has 0 bridgehead atoms. The zero-order chi connectivity index (χ0) is 13.8. The summed E-state index contributed by atoms with van der Waals surface area (Å²) in [6.45, 7) is 7.42. The number of rotatable bonds is 6. The fourth-order valence-corrected chi connectivity index (χ4v) is 4.95. The molecule has 1 aliphatic rings. The molecule has 1 rings (SSSR count). The third kappa shape index (κ3) is 5.40. The fourth-order valence-electron chi connectivity index (χ4n) is 2.44. The molecular weight excluding hydrogens is 251 g/mol. The quantitative estimate of drug-likeness (QED) is 0.754. The van der Waals surface area contributed by atoms with Gasteiger partial charge in [-0.1, -0.05) is 12.8 Å². The summed E-state index contributed by atoms with van der Waals surface area (Å²) in [7, 11) is -3.10. The van der Waals surface area contributed by atoms with E-state index < -0.39 is 7.60 Å². The van der Waals surface area contributed by atoms with Gasteiger partial charge in [-0.05, 0) is 46.5 Å². The van der Waals surface area contributed by atoms with Crippen molar-refractivity contribution < 1.29 is 18.7 Å². The van der Waals surface area contributed by atoms with Gasteiger partial charge >= 0.3 is 7.60 Å². The van der Waals surface area contributed by atoms with Crippen molar-refractivity contribution in [2.45, 2.75) is 71.7 Å². The molecule has 1 saturated carbocycles. The van der Waals surface area contributed by atoms with Gasteiger partial charge in [0.15, 0.2) is 0 Å². The predicted octanol–water partition coefficient (Wildman–Crippen LogP) is 3.58. The smallest absolute Gasteiger partial charge is 0.331 e. The Kier molecular flexibility index (Phi) is 6.32. The molecule has 4 nitrogen and oxygen atoms in total. The third-order valence-electron chi connectivity index (χ3n) is 3.07. The van der Waals surface area contributed by atoms with Gasteiger partial charge < -0.3 is 14.2 Å². The van der Waals surface area contributed by atoms with Gasteiger partial charge in [0.1, 0.15) is 0 Å². The van der Waals surface area contributed by atoms with Crippen LogP contribution in [0.3, 0.4) is 0 Å². The Morgan fingerprint density at radius 1 is 1.11 bits per heavy atom. The molecule has 0 aromatic rings. The maximum Gasteiger partial charge on any atom is 0.331 e. The Hall–Kier alpha value is 0.110. The van der Waals surface area contributed by atoms with Crippen molar-refractivity contribution in [1.29, 1.82) is 0 Å². The van der Waals surface area contributed by atoms with E-state index in [0.29, 0.717) is 6.16 Å². The minimum atomic E-state index is -3.10. The summed E-state index contributed by atoms with van der Waals surface area (Å²) in [6.07, 6.45) is 3.57. The van der Waals surface area contributed by atoms with Gasteiger partial charge in [0, 0.05) is 0 Å². The average Bonchev–Trinajstić information content (AvgIpc) is 2.18. The third-order valence-corrected chi connectivity index (χ3v) is 5.47. The molecule has 0 unspecified atom stereocenters. The van der Waals surface area contributed by atoms with Crippen molar-refractivity contribution in [3.05, 3.63) is 0 Å². The van der Waals surface area contributed by atoms with Crippen molar-refractivity contribution in [1.82, 2.24) is 0 Å². The second-order valence-corrected chi connectivity index (χ2v) is 7.72. The van der Waals surface area contributed by atoms with E-state index in [9.17, 15) is 9.67 Å². The maximum absolute atomic E-state index is 12.7. The van der Waals surface area contributed by atoms with Crippen LogP contribution in [0.1, 0.15) is 53.4 Å². The average molecular weight is 278 g/mol. The Morgan fingerprint density at radius 2 is 1.61 bits per heavy atom. The predicted molar refractivity (Wildman–Crippen MR) is 72.9 cm³/mol. The van der Waals surface area contributed by atoms with Gasteiger partial charge in [-0.15, -0.1) is 0 Å². The molecule has 0 aromatic carbocycles. The molecule has 5 heteroatoms. The number of hydrogen-bond donors (Lipinski definition) is 1. The van der Waals surface area contributed by atoms with Crippen LogP contribution >= 0.6 is 7.60 Å². The molecule has 0 saturated heterocycles. The van der Waals surface area contributed by atoms with E-state index in [2.05, 4.69) is 0 Å². The molecule has 0 aromatic heterocycles. The lowest BCUT2D eigenvalue weighted by Gasteiger charge is -2.31. The van der Waals surface area contributed by atoms with Crippen LogP contribution in [0.2, 0.25) is 0 Å². The minimum absolute atomic E-state index is 0.0436. The van der Waals surface area contributed by atoms with E-state index in [1.165, 1.54) is 0 Å². The number of aliphatic hydroxyl groups is 1. The molecule has 1 N–H and O–H groups in total. The lowest BCUT2D eigenvalue weighted by molar-refractivity contribution is 0.0711. The fraction of sp³-hybridized carbons (Fsp3) is 1.00. The SMILES string of the molecule is CC(C)OP(=O)(C[C@@H]1CCCC[C@H]1O)OC(C)C. The second kappa shape index (κ2) is 7.04. The first-order chi connectivity index (χ1) is 8.32. The second-order valence-electron chi connectivity index (χ2n) is 5.71. The van der Waals surface area contributed by atoms with E-state index in [-0.39, 0.29) is 24.2 Å². The van der Waals surface area contributed by atoms with E-state index in [1.54, 1.807) is 0 Å². The van der Waals surface area contributed by atoms with Gasteiger partial charge in [0.25, 0.3) is 0 Å². The first kappa shape index (κ1) is 16.2. The largest absolute Gasteiger partial charge is 0.393 e. The lowest BCUT2D eigenvalue weighted by Crippen LogP contribution is -2.28. The van der Waals surface area contributed by atoms with Crippen molar-refractivity contribution in [3.8, 4) is 0 Å². The molecule has 18 heavy (non-hydrogen) atoms. The standard InChI is InChI=1S/C13H27O4P/c1-10(2)16-18(15,17-11(3)4)9-12-7-5-6-8-13(12)14/h10-14H,5-9H2,1-4H3/t12-,13+/m0/s1. The molecule has 0 spiro atoms. The first-order valence-corrected chi connectivity index (χ1v) is 8.69. The lowest BCUT2D eigenvalue weighted by atomic mass is 9.88. The van der Waals surface area contributed by atoms with Gasteiger partial charge in [-0.3, -0.25) is 4.57 Å². The van der Waals surface area contributed by atoms with Crippen molar-refractivity contribution >= 4 is 7.60 Å². The highest BCUT2D eigenvalue weighted by molar-refractivity contribution is 7.53. The number of aliphatic hydroxyl groups excluding tert-OH is 1. The summed E-state index contributed by atoms with van der Waals surface area (Å²) >= 11 is 0. The molecule has 1 aliphatic carbocycles. The maximum atomic E-state index is 12.7. The summed E-state index contributed by atoms with van der Waals surface area (Å²) in [6, 6.07) is 0. The summed E-state index contributed by atoms with van der Waals surface area (Å²) in [5.74, 6) is 0.0436. The highest BCUT2D eigenvalue weighted by Crippen LogP contribution is 2.53. The van der Waals surface area contributed by atoms with Crippen LogP contribution in [0, 0.1) is 5.92 Å². The summed E-state index contributed by atoms with van der Waals surface area (Å²) in [5, 5.41) is 9.97. The summed E-state index contributed by atoms with van der Waals surface area (Å²) in [5.41, 5.74) is 0. The van der Waals surface area contributed by atoms with Gasteiger partial charge in [-0.2, -0.15) is 0 Å². The van der Waals surface area contributed by atoms with Crippen molar-refractivity contribution in [3.63, 3.8) is 0 Å². The molecule has 1 fully saturated rings. The molecule has 0 aliphatic heterocycles. The van der Waals surface area contributed by atoms with E-state index in [0.717, 1.165) is 25.7 Å². The molecule has 2 atom stereocenters. The van der Waals surface area contributed by atoms with Gasteiger partial charge in [-0.25, -0.2) is 0 Å². The van der Waals surface area contributed by atoms with Crippen LogP contribution in [-0.4, -0.2) is 29.6 Å². The van der Waals surface area contributed by atoms with E-state index in [1.807, 2.05) is 27.7 Å². The van der Waals surface area contributed by atoms with Crippen LogP contribution in [-0.2, 0) is 13.6 Å². The Bertz CT molecular complexity index is 277. The Morgan fingerprint density at radius 3 is 2.06 bits per heavy atom. The van der Waals surface area contributed by atoms with Gasteiger partial charge in [0.05, 0.1) is 24.5 Å².